The van der Waals surface area contributed by atoms with Gasteiger partial charge in [-0.1, -0.05) is 17.7 Å². The van der Waals surface area contributed by atoms with Crippen molar-refractivity contribution >= 4 is 34.7 Å². The van der Waals surface area contributed by atoms with Crippen LogP contribution < -0.4 is 10.1 Å². The third-order valence-corrected chi connectivity index (χ3v) is 6.10. The van der Waals surface area contributed by atoms with Gasteiger partial charge in [-0.2, -0.15) is 0 Å². The van der Waals surface area contributed by atoms with Crippen LogP contribution in [0.4, 0.5) is 10.5 Å². The first-order chi connectivity index (χ1) is 14.6. The number of aromatic nitrogens is 1. The summed E-state index contributed by atoms with van der Waals surface area (Å²) in [6.45, 7) is 3.80. The number of carbonyl (C=O) groups is 1. The van der Waals surface area contributed by atoms with Crippen molar-refractivity contribution in [2.75, 3.05) is 38.6 Å². The van der Waals surface area contributed by atoms with Crippen LogP contribution in [-0.2, 0) is 6.54 Å². The number of piperazine rings is 1. The largest absolute Gasteiger partial charge is 0.497 e. The van der Waals surface area contributed by atoms with E-state index in [1.54, 1.807) is 30.6 Å². The molecule has 0 saturated carbocycles. The number of carbonyl (C=O) groups excluding carboxylic acids is 1. The van der Waals surface area contributed by atoms with Crippen molar-refractivity contribution in [2.24, 2.45) is 0 Å². The minimum Gasteiger partial charge on any atom is -0.497 e. The molecule has 2 amide bonds. The van der Waals surface area contributed by atoms with Gasteiger partial charge < -0.3 is 15.0 Å². The zero-order valence-corrected chi connectivity index (χ0v) is 18.2. The smallest absolute Gasteiger partial charge is 0.321 e. The summed E-state index contributed by atoms with van der Waals surface area (Å²) in [4.78, 5) is 21.4. The van der Waals surface area contributed by atoms with Gasteiger partial charge in [-0.25, -0.2) is 9.78 Å². The van der Waals surface area contributed by atoms with Crippen LogP contribution in [-0.4, -0.2) is 54.1 Å². The van der Waals surface area contributed by atoms with Crippen LogP contribution >= 0.6 is 22.9 Å². The Kier molecular flexibility index (Phi) is 6.52. The fraction of sp³-hybridized carbons (Fsp3) is 0.273. The topological polar surface area (TPSA) is 57.7 Å². The first kappa shape index (κ1) is 20.7. The third-order valence-electron chi connectivity index (χ3n) is 5.03. The normalized spacial score (nSPS) is 14.5. The zero-order chi connectivity index (χ0) is 20.9. The van der Waals surface area contributed by atoms with Crippen LogP contribution in [0.1, 0.15) is 5.01 Å². The van der Waals surface area contributed by atoms with Gasteiger partial charge in [0.15, 0.2) is 0 Å². The highest BCUT2D eigenvalue weighted by molar-refractivity contribution is 7.09. The lowest BCUT2D eigenvalue weighted by Crippen LogP contribution is -2.49. The quantitative estimate of drug-likeness (QED) is 0.615. The molecule has 0 bridgehead atoms. The SMILES string of the molecule is COc1ccc(-c2csc(CN3CCN(C(=O)Nc4cccc(Cl)c4)CC3)n2)cc1. The van der Waals surface area contributed by atoms with E-state index in [-0.39, 0.29) is 6.03 Å². The predicted octanol–water partition coefficient (Wildman–Crippen LogP) is 4.82. The molecule has 1 aliphatic heterocycles. The molecule has 1 saturated heterocycles. The van der Waals surface area contributed by atoms with Gasteiger partial charge in [-0.3, -0.25) is 4.90 Å². The van der Waals surface area contributed by atoms with Gasteiger partial charge in [0.05, 0.1) is 19.3 Å². The number of hydrogen-bond donors (Lipinski definition) is 1. The lowest BCUT2D eigenvalue weighted by atomic mass is 10.2. The average molecular weight is 443 g/mol. The molecule has 6 nitrogen and oxygen atoms in total. The van der Waals surface area contributed by atoms with Crippen molar-refractivity contribution in [3.05, 3.63) is 63.9 Å². The van der Waals surface area contributed by atoms with E-state index in [0.717, 1.165) is 41.6 Å². The van der Waals surface area contributed by atoms with Gasteiger partial charge >= 0.3 is 6.03 Å². The molecular weight excluding hydrogens is 420 g/mol. The van der Waals surface area contributed by atoms with Gasteiger partial charge in [-0.15, -0.1) is 11.3 Å². The van der Waals surface area contributed by atoms with Gasteiger partial charge in [0.2, 0.25) is 0 Å². The van der Waals surface area contributed by atoms with Crippen LogP contribution in [0.3, 0.4) is 0 Å². The van der Waals surface area contributed by atoms with Crippen LogP contribution in [0.25, 0.3) is 11.3 Å². The number of thiazole rings is 1. The van der Waals surface area contributed by atoms with E-state index in [1.165, 1.54) is 0 Å². The number of halogens is 1. The molecule has 3 aromatic rings. The summed E-state index contributed by atoms with van der Waals surface area (Å²) in [7, 11) is 1.66. The molecule has 0 unspecified atom stereocenters. The molecule has 0 radical (unpaired) electrons. The summed E-state index contributed by atoms with van der Waals surface area (Å²) in [5, 5.41) is 6.69. The molecular formula is C22H23ClN4O2S. The van der Waals surface area contributed by atoms with E-state index >= 15 is 0 Å². The molecule has 0 atom stereocenters. The minimum absolute atomic E-state index is 0.0899. The Labute approximate surface area is 185 Å². The number of nitrogens with zero attached hydrogens (tertiary/aromatic N) is 3. The second-order valence-electron chi connectivity index (χ2n) is 7.06. The highest BCUT2D eigenvalue weighted by atomic mass is 35.5. The standard InChI is InChI=1S/C22H23ClN4O2S/c1-29-19-7-5-16(6-8-19)20-15-30-21(25-20)14-26-9-11-27(12-10-26)22(28)24-18-4-2-3-17(23)13-18/h2-8,13,15H,9-12,14H2,1H3,(H,24,28). The molecule has 1 N–H and O–H groups in total. The Hall–Kier alpha value is -2.61. The summed E-state index contributed by atoms with van der Waals surface area (Å²) < 4.78 is 5.21. The maximum atomic E-state index is 12.5. The Balaban J connectivity index is 1.28. The number of amides is 2. The number of hydrogen-bond acceptors (Lipinski definition) is 5. The summed E-state index contributed by atoms with van der Waals surface area (Å²) in [6, 6.07) is 15.0. The number of benzene rings is 2. The van der Waals surface area contributed by atoms with Crippen molar-refractivity contribution in [1.29, 1.82) is 0 Å². The van der Waals surface area contributed by atoms with Crippen LogP contribution in [0.5, 0.6) is 5.75 Å². The molecule has 156 valence electrons. The molecule has 8 heteroatoms. The van der Waals surface area contributed by atoms with E-state index in [4.69, 9.17) is 21.3 Å². The predicted molar refractivity (Wildman–Crippen MR) is 121 cm³/mol. The lowest BCUT2D eigenvalue weighted by molar-refractivity contribution is 0.143. The number of rotatable bonds is 5. The van der Waals surface area contributed by atoms with E-state index in [2.05, 4.69) is 15.6 Å². The van der Waals surface area contributed by atoms with Crippen LogP contribution in [0.2, 0.25) is 5.02 Å². The second kappa shape index (κ2) is 9.47. The van der Waals surface area contributed by atoms with Crippen molar-refractivity contribution in [1.82, 2.24) is 14.8 Å². The molecule has 4 rings (SSSR count). The summed E-state index contributed by atoms with van der Waals surface area (Å²) in [5.41, 5.74) is 2.78. The Bertz CT molecular complexity index is 1000. The van der Waals surface area contributed by atoms with Crippen molar-refractivity contribution < 1.29 is 9.53 Å². The third kappa shape index (κ3) is 5.11. The second-order valence-corrected chi connectivity index (χ2v) is 8.44. The van der Waals surface area contributed by atoms with Crippen molar-refractivity contribution in [2.45, 2.75) is 6.54 Å². The molecule has 1 aliphatic rings. The number of urea groups is 1. The molecule has 0 aliphatic carbocycles. The summed E-state index contributed by atoms with van der Waals surface area (Å²) >= 11 is 7.65. The van der Waals surface area contributed by atoms with E-state index in [1.807, 2.05) is 41.3 Å². The molecule has 2 heterocycles. The highest BCUT2D eigenvalue weighted by Crippen LogP contribution is 2.25. The number of ether oxygens (including phenoxy) is 1. The molecule has 30 heavy (non-hydrogen) atoms. The van der Waals surface area contributed by atoms with E-state index in [9.17, 15) is 4.79 Å². The van der Waals surface area contributed by atoms with Gasteiger partial charge in [-0.05, 0) is 42.5 Å². The highest BCUT2D eigenvalue weighted by Gasteiger charge is 2.22. The Morgan fingerprint density at radius 1 is 1.17 bits per heavy atom. The first-order valence-corrected chi connectivity index (χ1v) is 11.0. The van der Waals surface area contributed by atoms with Crippen LogP contribution in [0.15, 0.2) is 53.9 Å². The monoisotopic (exact) mass is 442 g/mol. The van der Waals surface area contributed by atoms with Crippen molar-refractivity contribution in [3.63, 3.8) is 0 Å². The maximum Gasteiger partial charge on any atom is 0.321 e. The lowest BCUT2D eigenvalue weighted by Gasteiger charge is -2.34. The molecule has 2 aromatic carbocycles. The summed E-state index contributed by atoms with van der Waals surface area (Å²) in [6.07, 6.45) is 0. The van der Waals surface area contributed by atoms with Crippen LogP contribution in [0, 0.1) is 0 Å². The Morgan fingerprint density at radius 3 is 2.63 bits per heavy atom. The average Bonchev–Trinajstić information content (AvgIpc) is 3.23. The van der Waals surface area contributed by atoms with Gasteiger partial charge in [0.1, 0.15) is 10.8 Å². The first-order valence-electron chi connectivity index (χ1n) is 9.73. The molecule has 1 fully saturated rings. The van der Waals surface area contributed by atoms with E-state index < -0.39 is 0 Å². The van der Waals surface area contributed by atoms with Gasteiger partial charge in [0, 0.05) is 47.8 Å². The minimum atomic E-state index is -0.0899. The molecule has 0 spiro atoms. The van der Waals surface area contributed by atoms with E-state index in [0.29, 0.717) is 23.8 Å². The maximum absolute atomic E-state index is 12.5. The molecule has 1 aromatic heterocycles. The zero-order valence-electron chi connectivity index (χ0n) is 16.7. The summed E-state index contributed by atoms with van der Waals surface area (Å²) in [5.74, 6) is 0.839. The Morgan fingerprint density at radius 2 is 1.93 bits per heavy atom. The number of nitrogens with one attached hydrogen (secondary N) is 1. The van der Waals surface area contributed by atoms with Crippen molar-refractivity contribution in [3.8, 4) is 17.0 Å². The fourth-order valence-corrected chi connectivity index (χ4v) is 4.38. The fourth-order valence-electron chi connectivity index (χ4n) is 3.35. The number of methoxy groups -OCH3 is 1. The number of anilines is 1. The van der Waals surface area contributed by atoms with Gasteiger partial charge in [0.25, 0.3) is 0 Å².